The fourth-order valence-corrected chi connectivity index (χ4v) is 0.913. The largest absolute Gasteiger partial charge is 0.477 e. The molecule has 8 heteroatoms. The lowest BCUT2D eigenvalue weighted by Gasteiger charge is -2.37. The minimum Gasteiger partial charge on any atom is -0.477 e. The van der Waals surface area contributed by atoms with E-state index in [1.54, 1.807) is 12.1 Å². The van der Waals surface area contributed by atoms with Gasteiger partial charge in [-0.3, -0.25) is 0 Å². The monoisotopic (exact) mass is 218 g/mol. The van der Waals surface area contributed by atoms with Crippen LogP contribution < -0.4 is 5.32 Å². The molecule has 0 atom stereocenters. The van der Waals surface area contributed by atoms with Gasteiger partial charge in [0.15, 0.2) is 0 Å². The summed E-state index contributed by atoms with van der Waals surface area (Å²) in [5.41, 5.74) is 0. The van der Waals surface area contributed by atoms with Gasteiger partial charge < -0.3 is 20.6 Å². The Hall–Kier alpha value is -1.53. The minimum absolute atomic E-state index is 0.112. The summed E-state index contributed by atoms with van der Waals surface area (Å²) in [4.78, 5) is 14.3. The summed E-state index contributed by atoms with van der Waals surface area (Å²) in [6.45, 7) is 0. The van der Waals surface area contributed by atoms with Gasteiger partial charge in [0.25, 0.3) is 5.79 Å². The van der Waals surface area contributed by atoms with Crippen molar-refractivity contribution in [3.63, 3.8) is 0 Å². The lowest BCUT2D eigenvalue weighted by molar-refractivity contribution is -0.205. The molecule has 4 radical (unpaired) electrons. The van der Waals surface area contributed by atoms with Crippen LogP contribution in [0, 0.1) is 0 Å². The Kier molecular flexibility index (Phi) is 3.25. The van der Waals surface area contributed by atoms with Crippen molar-refractivity contribution < 1.29 is 20.1 Å². The predicted octanol–water partition coefficient (Wildman–Crippen LogP) is -1.75. The number of hydrogen-bond donors (Lipinski definition) is 4. The Morgan fingerprint density at radius 1 is 1.38 bits per heavy atom. The van der Waals surface area contributed by atoms with Crippen LogP contribution in [0.2, 0.25) is 0 Å². The van der Waals surface area contributed by atoms with E-state index in [-0.39, 0.29) is 5.82 Å². The normalized spacial score (nSPS) is 12.1. The maximum absolute atomic E-state index is 10.5. The van der Waals surface area contributed by atoms with E-state index in [1.165, 1.54) is 12.3 Å². The molecule has 0 aliphatic heterocycles. The van der Waals surface area contributed by atoms with Crippen molar-refractivity contribution in [1.82, 2.24) is 4.98 Å². The van der Waals surface area contributed by atoms with Crippen molar-refractivity contribution in [2.45, 2.75) is 11.1 Å². The van der Waals surface area contributed by atoms with E-state index < -0.39 is 17.1 Å². The van der Waals surface area contributed by atoms with Gasteiger partial charge in [0.1, 0.15) is 5.82 Å². The number of rotatable bonds is 4. The second-order valence-electron chi connectivity index (χ2n) is 3.19. The third kappa shape index (κ3) is 2.34. The number of nitrogens with zero attached hydrogens (tertiary/aromatic N) is 1. The molecule has 0 amide bonds. The number of hydrogen-bond acceptors (Lipinski definition) is 5. The zero-order valence-electron chi connectivity index (χ0n) is 8.16. The van der Waals surface area contributed by atoms with Crippen molar-refractivity contribution in [2.24, 2.45) is 0 Å². The number of carbonyl (C=O) groups is 1. The Bertz CT molecular complexity index is 383. The first kappa shape index (κ1) is 12.5. The van der Waals surface area contributed by atoms with Crippen LogP contribution in [0.5, 0.6) is 0 Å². The fourth-order valence-electron chi connectivity index (χ4n) is 0.913. The van der Waals surface area contributed by atoms with Crippen LogP contribution in [0.15, 0.2) is 24.4 Å². The molecule has 0 saturated heterocycles. The number of aliphatic hydroxyl groups is 2. The molecule has 16 heavy (non-hydrogen) atoms. The maximum Gasteiger partial charge on any atom is 0.364 e. The third-order valence-electron chi connectivity index (χ3n) is 1.87. The molecule has 1 rings (SSSR count). The molecule has 6 nitrogen and oxygen atoms in total. The number of anilines is 1. The second-order valence-corrected chi connectivity index (χ2v) is 3.19. The SMILES string of the molecule is [B]C([B])(Nc1ccccn1)C(O)(O)C(=O)O. The summed E-state index contributed by atoms with van der Waals surface area (Å²) in [5, 5.41) is 26.7. The van der Waals surface area contributed by atoms with E-state index in [2.05, 4.69) is 10.3 Å². The summed E-state index contributed by atoms with van der Waals surface area (Å²) in [6.07, 6.45) is 1.40. The lowest BCUT2D eigenvalue weighted by Crippen LogP contribution is -2.65. The molecule has 1 aromatic heterocycles. The molecule has 0 fully saturated rings. The lowest BCUT2D eigenvalue weighted by atomic mass is 9.56. The number of pyridine rings is 1. The van der Waals surface area contributed by atoms with Gasteiger partial charge in [0.2, 0.25) is 0 Å². The summed E-state index contributed by atoms with van der Waals surface area (Å²) < 4.78 is 0. The Labute approximate surface area is 94.1 Å². The first-order chi connectivity index (χ1) is 7.27. The van der Waals surface area contributed by atoms with E-state index >= 15 is 0 Å². The zero-order valence-corrected chi connectivity index (χ0v) is 8.16. The maximum atomic E-state index is 10.5. The van der Waals surface area contributed by atoms with Crippen LogP contribution >= 0.6 is 0 Å². The molecule has 0 aliphatic rings. The molecule has 0 saturated carbocycles. The number of carboxylic acid groups (broad SMARTS) is 1. The van der Waals surface area contributed by atoms with Gasteiger partial charge in [-0.2, -0.15) is 0 Å². The molecule has 1 heterocycles. The van der Waals surface area contributed by atoms with Crippen LogP contribution in [0.4, 0.5) is 5.82 Å². The Morgan fingerprint density at radius 2 is 2.00 bits per heavy atom. The molecule has 0 unspecified atom stereocenters. The molecule has 80 valence electrons. The second kappa shape index (κ2) is 4.15. The highest BCUT2D eigenvalue weighted by Crippen LogP contribution is 2.18. The summed E-state index contributed by atoms with van der Waals surface area (Å²) in [7, 11) is 10.5. The first-order valence-electron chi connectivity index (χ1n) is 4.22. The van der Waals surface area contributed by atoms with Crippen molar-refractivity contribution in [1.29, 1.82) is 0 Å². The van der Waals surface area contributed by atoms with E-state index in [9.17, 15) is 15.0 Å². The van der Waals surface area contributed by atoms with E-state index in [0.717, 1.165) is 0 Å². The summed E-state index contributed by atoms with van der Waals surface area (Å²) >= 11 is 0. The quantitative estimate of drug-likeness (QED) is 0.353. The highest BCUT2D eigenvalue weighted by molar-refractivity contribution is 6.43. The van der Waals surface area contributed by atoms with Gasteiger partial charge in [-0.25, -0.2) is 9.78 Å². The highest BCUT2D eigenvalue weighted by atomic mass is 16.5. The van der Waals surface area contributed by atoms with Crippen LogP contribution in [0.3, 0.4) is 0 Å². The van der Waals surface area contributed by atoms with Crippen LogP contribution in [-0.2, 0) is 4.79 Å². The number of carboxylic acids is 1. The van der Waals surface area contributed by atoms with Crippen molar-refractivity contribution in [3.05, 3.63) is 24.4 Å². The Morgan fingerprint density at radius 3 is 2.44 bits per heavy atom. The minimum atomic E-state index is -3.33. The standard InChI is InChI=1S/C8H8B2N2O4/c9-8(10,7(15,16)6(13)14)12-5-3-1-2-4-11-5/h1-4,15-16H,(H,11,12)(H,13,14). The van der Waals surface area contributed by atoms with Gasteiger partial charge >= 0.3 is 5.97 Å². The fraction of sp³-hybridized carbons (Fsp3) is 0.250. The van der Waals surface area contributed by atoms with Crippen LogP contribution in [0.25, 0.3) is 0 Å². The van der Waals surface area contributed by atoms with Gasteiger partial charge in [-0.15, -0.1) is 0 Å². The molecular formula is C8H8B2N2O4. The number of nitrogens with one attached hydrogen (secondary N) is 1. The molecule has 0 bridgehead atoms. The molecule has 1 aromatic rings. The molecule has 0 spiro atoms. The third-order valence-corrected chi connectivity index (χ3v) is 1.87. The van der Waals surface area contributed by atoms with E-state index in [1.807, 2.05) is 0 Å². The van der Waals surface area contributed by atoms with Gasteiger partial charge in [-0.1, -0.05) is 6.07 Å². The molecule has 4 N–H and O–H groups in total. The van der Waals surface area contributed by atoms with E-state index in [0.29, 0.717) is 0 Å². The van der Waals surface area contributed by atoms with Crippen LogP contribution in [-0.4, -0.2) is 53.1 Å². The predicted molar refractivity (Wildman–Crippen MR) is 56.9 cm³/mol. The van der Waals surface area contributed by atoms with Crippen molar-refractivity contribution >= 4 is 27.5 Å². The number of aromatic nitrogens is 1. The first-order valence-corrected chi connectivity index (χ1v) is 4.22. The number of aliphatic carboxylic acids is 1. The highest BCUT2D eigenvalue weighted by Gasteiger charge is 2.48. The average molecular weight is 218 g/mol. The topological polar surface area (TPSA) is 103 Å². The molecule has 0 aromatic carbocycles. The van der Waals surface area contributed by atoms with E-state index in [4.69, 9.17) is 20.8 Å². The van der Waals surface area contributed by atoms with Gasteiger partial charge in [-0.05, 0) is 12.1 Å². The average Bonchev–Trinajstić information content (AvgIpc) is 2.18. The van der Waals surface area contributed by atoms with Crippen molar-refractivity contribution in [3.8, 4) is 0 Å². The smallest absolute Gasteiger partial charge is 0.364 e. The Balaban J connectivity index is 2.92. The zero-order chi connectivity index (χ0) is 12.4. The molecular weight excluding hydrogens is 210 g/mol. The van der Waals surface area contributed by atoms with Gasteiger partial charge in [0.05, 0.1) is 15.7 Å². The summed E-state index contributed by atoms with van der Waals surface area (Å²) in [6, 6.07) is 4.64. The van der Waals surface area contributed by atoms with Gasteiger partial charge in [0, 0.05) is 11.5 Å². The summed E-state index contributed by atoms with van der Waals surface area (Å²) in [5.74, 6) is -5.19. The molecule has 0 aliphatic carbocycles. The van der Waals surface area contributed by atoms with Crippen molar-refractivity contribution in [2.75, 3.05) is 5.32 Å². The van der Waals surface area contributed by atoms with Crippen LogP contribution in [0.1, 0.15) is 0 Å².